The Kier molecular flexibility index (Phi) is 9.67. The molecule has 0 bridgehead atoms. The van der Waals surface area contributed by atoms with Gasteiger partial charge in [-0.05, 0) is 41.7 Å². The monoisotopic (exact) mass is 569 g/mol. The van der Waals surface area contributed by atoms with Crippen LogP contribution in [0.3, 0.4) is 0 Å². The minimum absolute atomic E-state index is 0.0581. The molecule has 7 nitrogen and oxygen atoms in total. The molecule has 0 saturated heterocycles. The number of carbonyl (C=O) groups is 2. The fourth-order valence-corrected chi connectivity index (χ4v) is 4.54. The molecule has 1 heterocycles. The predicted molar refractivity (Wildman–Crippen MR) is 146 cm³/mol. The van der Waals surface area contributed by atoms with E-state index in [-0.39, 0.29) is 59.8 Å². The van der Waals surface area contributed by atoms with E-state index in [1.807, 2.05) is 36.4 Å². The summed E-state index contributed by atoms with van der Waals surface area (Å²) in [6.07, 6.45) is -3.80. The first-order valence-electron chi connectivity index (χ1n) is 13.0. The molecule has 4 aromatic rings. The molecule has 0 spiro atoms. The normalized spacial score (nSPS) is 12.2. The SMILES string of the molecule is COc1cc(CCC(=O)N[C@H](CO)Cc2ccccc2)cc2c(C(=O)OCC(F)(F)F)c(Cc3ccccc3)oc12. The zero-order chi connectivity index (χ0) is 29.4. The highest BCUT2D eigenvalue weighted by molar-refractivity contribution is 6.06. The topological polar surface area (TPSA) is 98.0 Å². The Labute approximate surface area is 234 Å². The van der Waals surface area contributed by atoms with Crippen LogP contribution >= 0.6 is 0 Å². The van der Waals surface area contributed by atoms with Gasteiger partial charge in [0, 0.05) is 18.2 Å². The maximum atomic E-state index is 12.9. The molecule has 0 aliphatic carbocycles. The Morgan fingerprint density at radius 3 is 2.24 bits per heavy atom. The second-order valence-electron chi connectivity index (χ2n) is 9.57. The van der Waals surface area contributed by atoms with Gasteiger partial charge in [-0.1, -0.05) is 60.7 Å². The van der Waals surface area contributed by atoms with Crippen LogP contribution in [0.25, 0.3) is 11.0 Å². The molecule has 1 atom stereocenters. The lowest BCUT2D eigenvalue weighted by atomic mass is 10.0. The van der Waals surface area contributed by atoms with Gasteiger partial charge in [0.05, 0.1) is 19.8 Å². The predicted octanol–water partition coefficient (Wildman–Crippen LogP) is 5.40. The maximum Gasteiger partial charge on any atom is 0.422 e. The minimum Gasteiger partial charge on any atom is -0.493 e. The van der Waals surface area contributed by atoms with Crippen LogP contribution in [-0.4, -0.2) is 49.5 Å². The van der Waals surface area contributed by atoms with Gasteiger partial charge in [-0.3, -0.25) is 4.79 Å². The van der Waals surface area contributed by atoms with Crippen molar-refractivity contribution in [2.45, 2.75) is 37.9 Å². The summed E-state index contributed by atoms with van der Waals surface area (Å²) in [5.41, 5.74) is 2.42. The van der Waals surface area contributed by atoms with Crippen LogP contribution in [-0.2, 0) is 28.8 Å². The van der Waals surface area contributed by atoms with E-state index < -0.39 is 24.8 Å². The zero-order valence-electron chi connectivity index (χ0n) is 22.4. The Morgan fingerprint density at radius 2 is 1.63 bits per heavy atom. The van der Waals surface area contributed by atoms with Gasteiger partial charge in [0.2, 0.25) is 5.91 Å². The first-order valence-corrected chi connectivity index (χ1v) is 13.0. The molecule has 10 heteroatoms. The molecule has 1 aromatic heterocycles. The molecule has 1 amide bonds. The summed E-state index contributed by atoms with van der Waals surface area (Å²) in [7, 11) is 1.40. The molecule has 0 fully saturated rings. The number of aliphatic hydroxyl groups is 1. The molecule has 41 heavy (non-hydrogen) atoms. The number of aryl methyl sites for hydroxylation is 1. The molecule has 216 valence electrons. The van der Waals surface area contributed by atoms with Crippen molar-refractivity contribution in [1.82, 2.24) is 5.32 Å². The number of halogens is 3. The number of carbonyl (C=O) groups excluding carboxylic acids is 2. The van der Waals surface area contributed by atoms with Crippen molar-refractivity contribution < 1.29 is 41.8 Å². The zero-order valence-corrected chi connectivity index (χ0v) is 22.4. The van der Waals surface area contributed by atoms with Crippen LogP contribution in [0.4, 0.5) is 13.2 Å². The number of nitrogens with one attached hydrogen (secondary N) is 1. The smallest absolute Gasteiger partial charge is 0.422 e. The van der Waals surface area contributed by atoms with E-state index in [1.165, 1.54) is 7.11 Å². The minimum atomic E-state index is -4.70. The molecule has 2 N–H and O–H groups in total. The lowest BCUT2D eigenvalue weighted by Gasteiger charge is -2.16. The first-order chi connectivity index (χ1) is 19.7. The van der Waals surface area contributed by atoms with E-state index in [9.17, 15) is 27.9 Å². The largest absolute Gasteiger partial charge is 0.493 e. The maximum absolute atomic E-state index is 12.9. The van der Waals surface area contributed by atoms with E-state index >= 15 is 0 Å². The Hall–Kier alpha value is -4.31. The van der Waals surface area contributed by atoms with Crippen LogP contribution in [0.5, 0.6) is 5.75 Å². The fraction of sp³-hybridized carbons (Fsp3) is 0.290. The summed E-state index contributed by atoms with van der Waals surface area (Å²) >= 11 is 0. The lowest BCUT2D eigenvalue weighted by molar-refractivity contribution is -0.161. The number of rotatable bonds is 12. The van der Waals surface area contributed by atoms with Crippen molar-refractivity contribution in [2.24, 2.45) is 0 Å². The second-order valence-corrected chi connectivity index (χ2v) is 9.57. The molecule has 3 aromatic carbocycles. The average molecular weight is 570 g/mol. The number of methoxy groups -OCH3 is 1. The number of fused-ring (bicyclic) bond motifs is 1. The quantitative estimate of drug-likeness (QED) is 0.222. The third-order valence-corrected chi connectivity index (χ3v) is 6.44. The van der Waals surface area contributed by atoms with Gasteiger partial charge in [0.1, 0.15) is 11.3 Å². The van der Waals surface area contributed by atoms with E-state index in [0.29, 0.717) is 12.0 Å². The van der Waals surface area contributed by atoms with Gasteiger partial charge in [-0.2, -0.15) is 13.2 Å². The van der Waals surface area contributed by atoms with Crippen LogP contribution in [0.2, 0.25) is 0 Å². The Morgan fingerprint density at radius 1 is 0.976 bits per heavy atom. The summed E-state index contributed by atoms with van der Waals surface area (Å²) in [5.74, 6) is -1.06. The number of esters is 1. The number of furan rings is 1. The van der Waals surface area contributed by atoms with Crippen molar-refractivity contribution >= 4 is 22.8 Å². The van der Waals surface area contributed by atoms with Crippen molar-refractivity contribution in [1.29, 1.82) is 0 Å². The number of hydrogen-bond acceptors (Lipinski definition) is 6. The van der Waals surface area contributed by atoms with E-state index in [4.69, 9.17) is 9.15 Å². The van der Waals surface area contributed by atoms with Crippen LogP contribution < -0.4 is 10.1 Å². The highest BCUT2D eigenvalue weighted by Crippen LogP contribution is 2.36. The molecule has 0 aliphatic rings. The number of ether oxygens (including phenoxy) is 2. The number of aliphatic hydroxyl groups excluding tert-OH is 1. The number of benzene rings is 3. The van der Waals surface area contributed by atoms with Gasteiger partial charge in [0.25, 0.3) is 0 Å². The highest BCUT2D eigenvalue weighted by atomic mass is 19.4. The summed E-state index contributed by atoms with van der Waals surface area (Å²) in [5, 5.41) is 12.8. The van der Waals surface area contributed by atoms with Crippen LogP contribution in [0.15, 0.2) is 77.2 Å². The summed E-state index contributed by atoms with van der Waals surface area (Å²) in [6.45, 7) is -1.97. The molecular weight excluding hydrogens is 539 g/mol. The molecule has 0 unspecified atom stereocenters. The van der Waals surface area contributed by atoms with Gasteiger partial charge in [-0.15, -0.1) is 0 Å². The van der Waals surface area contributed by atoms with Gasteiger partial charge in [-0.25, -0.2) is 4.79 Å². The Balaban J connectivity index is 1.58. The highest BCUT2D eigenvalue weighted by Gasteiger charge is 2.32. The van der Waals surface area contributed by atoms with Gasteiger partial charge in [0.15, 0.2) is 17.9 Å². The number of amides is 1. The van der Waals surface area contributed by atoms with Crippen molar-refractivity contribution in [3.63, 3.8) is 0 Å². The number of alkyl halides is 3. The molecule has 0 saturated carbocycles. The van der Waals surface area contributed by atoms with Crippen LogP contribution in [0.1, 0.15) is 39.2 Å². The second kappa shape index (κ2) is 13.4. The number of hydrogen-bond donors (Lipinski definition) is 2. The van der Waals surface area contributed by atoms with Crippen molar-refractivity contribution in [3.8, 4) is 5.75 Å². The van der Waals surface area contributed by atoms with Gasteiger partial charge >= 0.3 is 12.1 Å². The first kappa shape index (κ1) is 29.7. The molecule has 0 radical (unpaired) electrons. The molecule has 4 rings (SSSR count). The third kappa shape index (κ3) is 8.11. The lowest BCUT2D eigenvalue weighted by Crippen LogP contribution is -2.39. The third-order valence-electron chi connectivity index (χ3n) is 6.44. The fourth-order valence-electron chi connectivity index (χ4n) is 4.54. The van der Waals surface area contributed by atoms with E-state index in [0.717, 1.165) is 11.1 Å². The van der Waals surface area contributed by atoms with Crippen molar-refractivity contribution in [2.75, 3.05) is 20.3 Å². The summed E-state index contributed by atoms with van der Waals surface area (Å²) in [6, 6.07) is 21.3. The Bertz CT molecular complexity index is 1470. The average Bonchev–Trinajstić information content (AvgIpc) is 3.32. The van der Waals surface area contributed by atoms with Crippen LogP contribution in [0, 0.1) is 0 Å². The summed E-state index contributed by atoms with van der Waals surface area (Å²) in [4.78, 5) is 25.7. The summed E-state index contributed by atoms with van der Waals surface area (Å²) < 4.78 is 54.6. The van der Waals surface area contributed by atoms with E-state index in [1.54, 1.807) is 36.4 Å². The van der Waals surface area contributed by atoms with Crippen molar-refractivity contribution in [3.05, 3.63) is 101 Å². The molecule has 0 aliphatic heterocycles. The van der Waals surface area contributed by atoms with E-state index in [2.05, 4.69) is 10.1 Å². The van der Waals surface area contributed by atoms with Gasteiger partial charge < -0.3 is 24.3 Å². The standard InChI is InChI=1S/C31H30F3NO6/c1-39-26-17-22(12-13-27(37)35-23(18-36)14-20-8-4-2-5-9-20)15-24-28(30(38)40-19-31(32,33)34)25(41-29(24)26)16-21-10-6-3-7-11-21/h2-11,15,17,23,36H,12-14,16,18-19H2,1H3,(H,35,37)/t23-/m0/s1. The molecular formula is C31H30F3NO6.